The van der Waals surface area contributed by atoms with Crippen LogP contribution in [0.15, 0.2) is 21.9 Å². The standard InChI is InChI=1S/C18H21N3O3/c1-10-6-11(2)14(12(3)7-10)16-21-23-18(22-16)9-17(4,5)8-13-15(18)20-24-19-13/h6-7H,8-9H2,1-5H3. The van der Waals surface area contributed by atoms with E-state index in [-0.39, 0.29) is 5.41 Å². The van der Waals surface area contributed by atoms with E-state index in [2.05, 4.69) is 62.2 Å². The van der Waals surface area contributed by atoms with Crippen LogP contribution in [0.5, 0.6) is 0 Å². The van der Waals surface area contributed by atoms with Gasteiger partial charge in [-0.05, 0) is 47.6 Å². The maximum Gasteiger partial charge on any atom is 0.326 e. The van der Waals surface area contributed by atoms with Crippen LogP contribution in [0.25, 0.3) is 0 Å². The van der Waals surface area contributed by atoms with E-state index in [9.17, 15) is 0 Å². The number of hydrogen-bond donors (Lipinski definition) is 0. The number of fused-ring (bicyclic) bond motifs is 2. The molecule has 1 unspecified atom stereocenters. The van der Waals surface area contributed by atoms with Gasteiger partial charge in [0.2, 0.25) is 0 Å². The maximum atomic E-state index is 6.26. The van der Waals surface area contributed by atoms with Crippen molar-refractivity contribution in [1.29, 1.82) is 0 Å². The molecule has 0 saturated heterocycles. The molecular formula is C18H21N3O3. The normalized spacial score (nSPS) is 24.3. The molecule has 0 radical (unpaired) electrons. The van der Waals surface area contributed by atoms with E-state index < -0.39 is 5.79 Å². The summed E-state index contributed by atoms with van der Waals surface area (Å²) in [6.45, 7) is 10.5. The zero-order chi connectivity index (χ0) is 17.1. The second-order valence-corrected chi connectivity index (χ2v) is 7.69. The third kappa shape index (κ3) is 2.20. The van der Waals surface area contributed by atoms with E-state index in [1.807, 2.05) is 0 Å². The largest absolute Gasteiger partial charge is 0.424 e. The van der Waals surface area contributed by atoms with Crippen molar-refractivity contribution in [1.82, 2.24) is 10.3 Å². The van der Waals surface area contributed by atoms with Gasteiger partial charge in [0.25, 0.3) is 5.90 Å². The van der Waals surface area contributed by atoms with Gasteiger partial charge in [-0.3, -0.25) is 0 Å². The highest BCUT2D eigenvalue weighted by atomic mass is 16.8. The molecule has 1 aromatic heterocycles. The molecule has 0 N–H and O–H groups in total. The molecule has 0 fully saturated rings. The Bertz CT molecular complexity index is 830. The Morgan fingerprint density at radius 2 is 1.75 bits per heavy atom. The van der Waals surface area contributed by atoms with Gasteiger partial charge < -0.3 is 9.57 Å². The molecule has 1 aliphatic heterocycles. The van der Waals surface area contributed by atoms with Crippen LogP contribution in [0.4, 0.5) is 0 Å². The number of aromatic nitrogens is 2. The molecule has 0 saturated carbocycles. The molecule has 2 aromatic rings. The molecule has 126 valence electrons. The molecule has 6 nitrogen and oxygen atoms in total. The summed E-state index contributed by atoms with van der Waals surface area (Å²) in [5.74, 6) is -0.549. The van der Waals surface area contributed by atoms with Crippen LogP contribution in [0.3, 0.4) is 0 Å². The average molecular weight is 327 g/mol. The summed E-state index contributed by atoms with van der Waals surface area (Å²) >= 11 is 0. The van der Waals surface area contributed by atoms with E-state index in [0.29, 0.717) is 18.0 Å². The van der Waals surface area contributed by atoms with Crippen LogP contribution in [-0.4, -0.2) is 16.2 Å². The van der Waals surface area contributed by atoms with E-state index >= 15 is 0 Å². The smallest absolute Gasteiger partial charge is 0.326 e. The number of ether oxygens (including phenoxy) is 1. The van der Waals surface area contributed by atoms with Crippen LogP contribution in [0.1, 0.15) is 53.9 Å². The van der Waals surface area contributed by atoms with Gasteiger partial charge in [0.15, 0.2) is 5.69 Å². The Kier molecular flexibility index (Phi) is 3.04. The minimum atomic E-state index is -1.05. The number of oxime groups is 1. The first-order valence-electron chi connectivity index (χ1n) is 8.15. The van der Waals surface area contributed by atoms with Crippen molar-refractivity contribution in [3.63, 3.8) is 0 Å². The quantitative estimate of drug-likeness (QED) is 0.801. The minimum Gasteiger partial charge on any atom is -0.424 e. The molecule has 0 bridgehead atoms. The zero-order valence-electron chi connectivity index (χ0n) is 14.6. The lowest BCUT2D eigenvalue weighted by atomic mass is 9.75. The molecule has 1 spiro atoms. The topological polar surface area (TPSA) is 69.7 Å². The molecule has 0 amide bonds. The van der Waals surface area contributed by atoms with Crippen molar-refractivity contribution in [2.24, 2.45) is 10.6 Å². The predicted octanol–water partition coefficient (Wildman–Crippen LogP) is 3.53. The average Bonchev–Trinajstić information content (AvgIpc) is 3.04. The van der Waals surface area contributed by atoms with Crippen LogP contribution >= 0.6 is 0 Å². The first-order chi connectivity index (χ1) is 11.3. The fourth-order valence-corrected chi connectivity index (χ4v) is 3.92. The summed E-state index contributed by atoms with van der Waals surface area (Å²) in [7, 11) is 0. The molecule has 1 aliphatic carbocycles. The van der Waals surface area contributed by atoms with Gasteiger partial charge in [-0.2, -0.15) is 0 Å². The molecular weight excluding hydrogens is 306 g/mol. The van der Waals surface area contributed by atoms with E-state index in [1.165, 1.54) is 5.56 Å². The molecule has 4 rings (SSSR count). The fraction of sp³-hybridized carbons (Fsp3) is 0.500. The lowest BCUT2D eigenvalue weighted by molar-refractivity contribution is -0.198. The fourth-order valence-electron chi connectivity index (χ4n) is 3.92. The van der Waals surface area contributed by atoms with E-state index in [1.54, 1.807) is 0 Å². The zero-order valence-corrected chi connectivity index (χ0v) is 14.6. The van der Waals surface area contributed by atoms with Crippen molar-refractivity contribution in [3.8, 4) is 0 Å². The van der Waals surface area contributed by atoms with Gasteiger partial charge in [-0.1, -0.05) is 36.7 Å². The molecule has 2 aliphatic rings. The number of hydrogen-bond acceptors (Lipinski definition) is 6. The summed E-state index contributed by atoms with van der Waals surface area (Å²) in [4.78, 5) is 5.81. The summed E-state index contributed by atoms with van der Waals surface area (Å²) in [5.41, 5.74) is 5.74. The SMILES string of the molecule is Cc1cc(C)c(C2=NOC3(CC(C)(C)Cc4nonc43)O2)c(C)c1. The lowest BCUT2D eigenvalue weighted by Crippen LogP contribution is -2.41. The third-order valence-corrected chi connectivity index (χ3v) is 4.70. The number of benzene rings is 1. The number of aryl methyl sites for hydroxylation is 3. The van der Waals surface area contributed by atoms with Crippen molar-refractivity contribution in [2.75, 3.05) is 0 Å². The van der Waals surface area contributed by atoms with Gasteiger partial charge in [0.05, 0.1) is 0 Å². The van der Waals surface area contributed by atoms with Gasteiger partial charge in [-0.25, -0.2) is 4.63 Å². The molecule has 1 atom stereocenters. The monoisotopic (exact) mass is 327 g/mol. The third-order valence-electron chi connectivity index (χ3n) is 4.70. The van der Waals surface area contributed by atoms with Crippen LogP contribution in [-0.2, 0) is 21.8 Å². The summed E-state index contributed by atoms with van der Waals surface area (Å²) in [5, 5.41) is 12.3. The lowest BCUT2D eigenvalue weighted by Gasteiger charge is -2.36. The molecule has 1 aromatic carbocycles. The van der Waals surface area contributed by atoms with Crippen molar-refractivity contribution in [2.45, 2.75) is 53.2 Å². The summed E-state index contributed by atoms with van der Waals surface area (Å²) in [6.07, 6.45) is 1.41. The Labute approximate surface area is 140 Å². The predicted molar refractivity (Wildman–Crippen MR) is 87.4 cm³/mol. The van der Waals surface area contributed by atoms with Crippen LogP contribution < -0.4 is 0 Å². The van der Waals surface area contributed by atoms with Gasteiger partial charge in [0, 0.05) is 18.4 Å². The van der Waals surface area contributed by atoms with Gasteiger partial charge in [0.1, 0.15) is 5.69 Å². The molecule has 24 heavy (non-hydrogen) atoms. The summed E-state index contributed by atoms with van der Waals surface area (Å²) in [6, 6.07) is 4.24. The second-order valence-electron chi connectivity index (χ2n) is 7.69. The van der Waals surface area contributed by atoms with E-state index in [4.69, 9.17) is 14.2 Å². The molecule has 2 heterocycles. The van der Waals surface area contributed by atoms with Crippen molar-refractivity contribution in [3.05, 3.63) is 45.8 Å². The van der Waals surface area contributed by atoms with Crippen LogP contribution in [0.2, 0.25) is 0 Å². The van der Waals surface area contributed by atoms with Crippen molar-refractivity contribution >= 4 is 5.90 Å². The maximum absolute atomic E-state index is 6.26. The van der Waals surface area contributed by atoms with Gasteiger partial charge >= 0.3 is 5.79 Å². The first kappa shape index (κ1) is 15.2. The minimum absolute atomic E-state index is 0.0477. The highest BCUT2D eigenvalue weighted by Crippen LogP contribution is 2.48. The highest BCUT2D eigenvalue weighted by Gasteiger charge is 2.55. The van der Waals surface area contributed by atoms with E-state index in [0.717, 1.165) is 28.8 Å². The number of nitrogens with zero attached hydrogens (tertiary/aromatic N) is 3. The number of rotatable bonds is 1. The van der Waals surface area contributed by atoms with Crippen LogP contribution in [0, 0.1) is 26.2 Å². The first-order valence-corrected chi connectivity index (χ1v) is 8.15. The Morgan fingerprint density at radius 3 is 2.46 bits per heavy atom. The Hall–Kier alpha value is -2.37. The second kappa shape index (κ2) is 4.82. The Balaban J connectivity index is 1.75. The Morgan fingerprint density at radius 1 is 1.04 bits per heavy atom. The van der Waals surface area contributed by atoms with Crippen molar-refractivity contribution < 1.29 is 14.2 Å². The molecule has 6 heteroatoms. The van der Waals surface area contributed by atoms with Gasteiger partial charge in [-0.15, -0.1) is 0 Å². The highest BCUT2D eigenvalue weighted by molar-refractivity contribution is 5.97. The summed E-state index contributed by atoms with van der Waals surface area (Å²) < 4.78 is 11.2.